The molecule has 1 radical (unpaired) electrons. The molecule has 3 nitrogen and oxygen atoms in total. The van der Waals surface area contributed by atoms with E-state index in [2.05, 4.69) is 111 Å². The smallest absolute Gasteiger partial charge is 0.162 e. The quantitative estimate of drug-likeness (QED) is 0.0789. The van der Waals surface area contributed by atoms with Crippen molar-refractivity contribution >= 4 is 44.7 Å². The third-order valence-electron chi connectivity index (χ3n) is 9.62. The van der Waals surface area contributed by atoms with Crippen LogP contribution in [0.4, 0.5) is 0 Å². The number of aliphatic hydroxyl groups excluding tert-OH is 1. The molecule has 3 aromatic carbocycles. The summed E-state index contributed by atoms with van der Waals surface area (Å²) in [5.41, 5.74) is 6.18. The number of aromatic nitrogens is 1. The zero-order valence-electron chi connectivity index (χ0n) is 29.7. The van der Waals surface area contributed by atoms with E-state index >= 15 is 0 Å². The first-order valence-corrected chi connectivity index (χ1v) is 23.3. The molecule has 1 N–H and O–H groups in total. The van der Waals surface area contributed by atoms with Gasteiger partial charge in [-0.3, -0.25) is 4.79 Å². The van der Waals surface area contributed by atoms with Crippen LogP contribution >= 0.6 is 0 Å². The summed E-state index contributed by atoms with van der Waals surface area (Å²) < 4.78 is 3.10. The molecule has 0 aliphatic carbocycles. The number of nitrogens with zero attached hydrogens (tertiary/aromatic N) is 1. The number of fused-ring (bicyclic) bond motifs is 2. The number of ketones is 1. The average molecular weight is 868 g/mol. The van der Waals surface area contributed by atoms with Gasteiger partial charge in [0.1, 0.15) is 0 Å². The van der Waals surface area contributed by atoms with Gasteiger partial charge in [-0.1, -0.05) is 27.7 Å². The van der Waals surface area contributed by atoms with E-state index in [1.807, 2.05) is 33.9 Å². The van der Waals surface area contributed by atoms with Crippen LogP contribution in [0.15, 0.2) is 84.8 Å². The van der Waals surface area contributed by atoms with Crippen molar-refractivity contribution in [1.29, 1.82) is 0 Å². The summed E-state index contributed by atoms with van der Waals surface area (Å²) in [6, 6.07) is 27.9. The van der Waals surface area contributed by atoms with Crippen LogP contribution in [0.2, 0.25) is 11.5 Å². The fraction of sp³-hybridized carbons (Fsp3) is 0.381. The summed E-state index contributed by atoms with van der Waals surface area (Å²) in [5, 5.41) is 12.2. The van der Waals surface area contributed by atoms with Crippen molar-refractivity contribution in [2.45, 2.75) is 91.1 Å². The molecule has 0 saturated heterocycles. The van der Waals surface area contributed by atoms with E-state index in [0.717, 1.165) is 42.3 Å². The normalized spacial score (nSPS) is 13.9. The van der Waals surface area contributed by atoms with Crippen molar-refractivity contribution in [3.63, 3.8) is 0 Å². The largest absolute Gasteiger partial charge is 0.512 e. The first-order chi connectivity index (χ1) is 21.8. The van der Waals surface area contributed by atoms with E-state index in [4.69, 9.17) is 4.98 Å². The van der Waals surface area contributed by atoms with Crippen molar-refractivity contribution in [2.24, 2.45) is 11.8 Å². The third-order valence-corrected chi connectivity index (χ3v) is 17.1. The van der Waals surface area contributed by atoms with E-state index < -0.39 is 13.3 Å². The van der Waals surface area contributed by atoms with Gasteiger partial charge in [0.25, 0.3) is 0 Å². The molecule has 1 aliphatic rings. The number of allylic oxidation sites excluding steroid dienone is 2. The van der Waals surface area contributed by atoms with Gasteiger partial charge in [-0.15, -0.1) is 0 Å². The van der Waals surface area contributed by atoms with Crippen LogP contribution in [-0.2, 0) is 30.3 Å². The van der Waals surface area contributed by atoms with Gasteiger partial charge in [0.05, 0.1) is 5.76 Å². The average Bonchev–Trinajstić information content (AvgIpc) is 3.31. The molecule has 4 aromatic rings. The number of aliphatic hydroxyl groups is 1. The molecular weight excluding hydrogens is 815 g/mol. The summed E-state index contributed by atoms with van der Waals surface area (Å²) in [5.74, 6) is 5.54. The first kappa shape index (κ1) is 38.7. The number of pyridine rings is 1. The second-order valence-corrected chi connectivity index (χ2v) is 23.2. The number of carbonyl (C=O) groups excluding carboxylic acids is 1. The van der Waals surface area contributed by atoms with Crippen LogP contribution in [0.5, 0.6) is 0 Å². The Morgan fingerprint density at radius 1 is 0.894 bits per heavy atom. The van der Waals surface area contributed by atoms with Crippen molar-refractivity contribution in [3.05, 3.63) is 108 Å². The van der Waals surface area contributed by atoms with E-state index in [1.54, 1.807) is 4.40 Å². The van der Waals surface area contributed by atoms with Gasteiger partial charge in [0, 0.05) is 38.0 Å². The molecule has 2 heterocycles. The molecule has 47 heavy (non-hydrogen) atoms. The van der Waals surface area contributed by atoms with Gasteiger partial charge in [0.2, 0.25) is 0 Å². The number of carbonyl (C=O) groups is 1. The molecule has 1 aromatic heterocycles. The molecule has 1 aliphatic heterocycles. The van der Waals surface area contributed by atoms with Crippen LogP contribution in [-0.4, -0.2) is 29.1 Å². The van der Waals surface area contributed by atoms with Crippen molar-refractivity contribution in [1.82, 2.24) is 4.98 Å². The van der Waals surface area contributed by atoms with E-state index in [0.29, 0.717) is 0 Å². The van der Waals surface area contributed by atoms with E-state index in [1.165, 1.54) is 32.6 Å². The fourth-order valence-corrected chi connectivity index (χ4v) is 13.1. The molecule has 0 amide bonds. The summed E-state index contributed by atoms with van der Waals surface area (Å²) in [6.07, 6.45) is 9.29. The van der Waals surface area contributed by atoms with E-state index in [9.17, 15) is 9.90 Å². The molecule has 0 bridgehead atoms. The third kappa shape index (κ3) is 8.82. The zero-order chi connectivity index (χ0) is 33.6. The van der Waals surface area contributed by atoms with Crippen molar-refractivity contribution < 1.29 is 30.0 Å². The predicted octanol–water partition coefficient (Wildman–Crippen LogP) is 10.9. The van der Waals surface area contributed by atoms with Crippen LogP contribution in [0, 0.1) is 17.9 Å². The van der Waals surface area contributed by atoms with Crippen molar-refractivity contribution in [2.75, 3.05) is 0 Å². The van der Waals surface area contributed by atoms with Crippen LogP contribution in [0.25, 0.3) is 32.5 Å². The molecule has 5 heteroatoms. The minimum Gasteiger partial charge on any atom is -0.512 e. The Bertz CT molecular complexity index is 1740. The minimum atomic E-state index is -2.31. The van der Waals surface area contributed by atoms with Gasteiger partial charge < -0.3 is 5.11 Å². The molecule has 0 unspecified atom stereocenters. The second kappa shape index (κ2) is 16.5. The maximum Gasteiger partial charge on any atom is 0.162 e. The topological polar surface area (TPSA) is 50.2 Å². The Balaban J connectivity index is 0.000000322. The van der Waals surface area contributed by atoms with Crippen LogP contribution in [0.1, 0.15) is 90.8 Å². The number of hydrogen-bond donors (Lipinski definition) is 1. The van der Waals surface area contributed by atoms with Crippen LogP contribution < -0.4 is 4.40 Å². The molecule has 0 atom stereocenters. The Morgan fingerprint density at radius 2 is 1.51 bits per heavy atom. The summed E-state index contributed by atoms with van der Waals surface area (Å²) in [6.45, 7) is 14.9. The number of rotatable bonds is 9. The molecule has 251 valence electrons. The Morgan fingerprint density at radius 3 is 2.13 bits per heavy atom. The Labute approximate surface area is 299 Å². The summed E-state index contributed by atoms with van der Waals surface area (Å²) in [4.78, 5) is 16.5. The fourth-order valence-electron chi connectivity index (χ4n) is 6.63. The summed E-state index contributed by atoms with van der Waals surface area (Å²) in [7, 11) is 0. The Kier molecular flexibility index (Phi) is 13.6. The zero-order valence-corrected chi connectivity index (χ0v) is 34.2. The maximum absolute atomic E-state index is 11.7. The number of hydrogen-bond acceptors (Lipinski definition) is 3. The van der Waals surface area contributed by atoms with Crippen LogP contribution in [0.3, 0.4) is 0 Å². The molecular formula is C42H52GeIrNO2-. The van der Waals surface area contributed by atoms with E-state index in [-0.39, 0.29) is 48.9 Å². The molecule has 5 rings (SSSR count). The standard InChI is InChI=1S/C29H28GeN.C13H24O2.Ir/c1-29(2,3)25-17-23(16-20-10-6-8-12-24(20)25)28-19-22(14-15-31-28)27-18-21-11-7-9-13-26(21)30(27,4)5;1-5-10(6-2)12(14)9-13(15)11(7-3)8-4;/h6-15,17-19H,1-5H3;9-11,14H,5-8H2,1-4H3;/q-1;;/b;12-9-;. The van der Waals surface area contributed by atoms with Crippen molar-refractivity contribution in [3.8, 4) is 11.3 Å². The molecule has 0 spiro atoms. The predicted molar refractivity (Wildman–Crippen MR) is 200 cm³/mol. The van der Waals surface area contributed by atoms with Gasteiger partial charge in [-0.25, -0.2) is 0 Å². The van der Waals surface area contributed by atoms with Gasteiger partial charge >= 0.3 is 189 Å². The SMILES string of the molecule is CC(C)(C)c1cc(-c2cc([C]3=Cc4cccc[c]4[Ge]3([CH3])[CH3])ccn2)[c-]c2ccccc12.CCC(CC)C(=O)/C=C(\O)C(CC)CC.[Ir]. The number of benzene rings is 3. The first-order valence-electron chi connectivity index (χ1n) is 17.0. The molecule has 0 saturated carbocycles. The molecule has 0 fully saturated rings. The monoisotopic (exact) mass is 869 g/mol. The Hall–Kier alpha value is -2.79. The summed E-state index contributed by atoms with van der Waals surface area (Å²) >= 11 is -2.31. The van der Waals surface area contributed by atoms with Gasteiger partial charge in [0.15, 0.2) is 5.78 Å². The maximum atomic E-state index is 11.7. The van der Waals surface area contributed by atoms with Gasteiger partial charge in [-0.2, -0.15) is 0 Å². The van der Waals surface area contributed by atoms with Gasteiger partial charge in [-0.05, 0) is 25.7 Å². The minimum absolute atomic E-state index is 0. The second-order valence-electron chi connectivity index (χ2n) is 14.1.